The van der Waals surface area contributed by atoms with Crippen molar-refractivity contribution in [2.45, 2.75) is 40.2 Å². The highest BCUT2D eigenvalue weighted by molar-refractivity contribution is 5.50. The van der Waals surface area contributed by atoms with E-state index in [0.29, 0.717) is 18.5 Å². The molecule has 0 aromatic heterocycles. The Morgan fingerprint density at radius 2 is 1.89 bits per heavy atom. The number of hydrogen-bond donors (Lipinski definition) is 2. The summed E-state index contributed by atoms with van der Waals surface area (Å²) < 4.78 is 5.49. The maximum Gasteiger partial charge on any atom is 0.124 e. The summed E-state index contributed by atoms with van der Waals surface area (Å²) in [6, 6.07) is 2.54. The first-order valence-electron chi connectivity index (χ1n) is 7.03. The molecule has 1 aromatic rings. The van der Waals surface area contributed by atoms with Crippen molar-refractivity contribution in [1.29, 1.82) is 0 Å². The molecule has 108 valence electrons. The Kier molecular flexibility index (Phi) is 5.83. The van der Waals surface area contributed by atoms with Crippen molar-refractivity contribution in [1.82, 2.24) is 5.32 Å². The Hall–Kier alpha value is -1.06. The normalized spacial score (nSPS) is 14.3. The molecule has 2 atom stereocenters. The van der Waals surface area contributed by atoms with Crippen LogP contribution >= 0.6 is 0 Å². The summed E-state index contributed by atoms with van der Waals surface area (Å²) >= 11 is 0. The smallest absolute Gasteiger partial charge is 0.124 e. The van der Waals surface area contributed by atoms with Crippen molar-refractivity contribution >= 4 is 0 Å². The van der Waals surface area contributed by atoms with Crippen LogP contribution in [0.3, 0.4) is 0 Å². The zero-order valence-corrected chi connectivity index (χ0v) is 13.1. The summed E-state index contributed by atoms with van der Waals surface area (Å²) in [6.45, 7) is 9.29. The molecule has 0 bridgehead atoms. The summed E-state index contributed by atoms with van der Waals surface area (Å²) in [4.78, 5) is 0. The molecule has 3 nitrogen and oxygen atoms in total. The van der Waals surface area contributed by atoms with E-state index in [1.165, 1.54) is 22.3 Å². The van der Waals surface area contributed by atoms with E-state index in [0.717, 1.165) is 12.2 Å². The molecule has 0 aliphatic carbocycles. The predicted octanol–water partition coefficient (Wildman–Crippen LogP) is 2.87. The molecule has 0 saturated carbocycles. The molecule has 0 spiro atoms. The molecule has 3 heteroatoms. The number of nitrogens with two attached hydrogens (primary N) is 1. The van der Waals surface area contributed by atoms with Gasteiger partial charge in [0, 0.05) is 6.04 Å². The molecule has 1 rings (SSSR count). The topological polar surface area (TPSA) is 47.3 Å². The van der Waals surface area contributed by atoms with Crippen LogP contribution in [-0.4, -0.2) is 20.7 Å². The molecule has 0 saturated heterocycles. The van der Waals surface area contributed by atoms with Gasteiger partial charge in [-0.2, -0.15) is 0 Å². The van der Waals surface area contributed by atoms with E-state index in [1.807, 2.05) is 7.05 Å². The lowest BCUT2D eigenvalue weighted by molar-refractivity contribution is 0.374. The minimum Gasteiger partial charge on any atom is -0.496 e. The average molecular weight is 264 g/mol. The molecule has 0 heterocycles. The Bertz CT molecular complexity index is 425. The van der Waals surface area contributed by atoms with E-state index in [4.69, 9.17) is 10.5 Å². The minimum absolute atomic E-state index is 0.304. The number of rotatable bonds is 6. The number of nitrogens with one attached hydrogen (secondary N) is 1. The molecule has 0 aliphatic heterocycles. The lowest BCUT2D eigenvalue weighted by atomic mass is 9.86. The number of aryl methyl sites for hydroxylation is 1. The van der Waals surface area contributed by atoms with Crippen molar-refractivity contribution < 1.29 is 4.74 Å². The van der Waals surface area contributed by atoms with Crippen LogP contribution in [0.1, 0.15) is 41.6 Å². The van der Waals surface area contributed by atoms with Gasteiger partial charge >= 0.3 is 0 Å². The van der Waals surface area contributed by atoms with Gasteiger partial charge in [0.2, 0.25) is 0 Å². The Morgan fingerprint density at radius 1 is 1.26 bits per heavy atom. The Morgan fingerprint density at radius 3 is 2.32 bits per heavy atom. The van der Waals surface area contributed by atoms with E-state index >= 15 is 0 Å². The second kappa shape index (κ2) is 6.92. The van der Waals surface area contributed by atoms with Gasteiger partial charge in [0.05, 0.1) is 7.11 Å². The van der Waals surface area contributed by atoms with Crippen molar-refractivity contribution in [2.75, 3.05) is 20.7 Å². The fraction of sp³-hybridized carbons (Fsp3) is 0.625. The highest BCUT2D eigenvalue weighted by atomic mass is 16.5. The molecule has 2 unspecified atom stereocenters. The van der Waals surface area contributed by atoms with E-state index in [-0.39, 0.29) is 0 Å². The van der Waals surface area contributed by atoms with Gasteiger partial charge in [0.25, 0.3) is 0 Å². The molecule has 0 fully saturated rings. The summed E-state index contributed by atoms with van der Waals surface area (Å²) in [5.74, 6) is 1.45. The third-order valence-electron chi connectivity index (χ3n) is 4.21. The van der Waals surface area contributed by atoms with Crippen LogP contribution in [0.25, 0.3) is 0 Å². The number of hydrogen-bond acceptors (Lipinski definition) is 3. The fourth-order valence-electron chi connectivity index (χ4n) is 2.91. The molecule has 0 amide bonds. The third-order valence-corrected chi connectivity index (χ3v) is 4.21. The van der Waals surface area contributed by atoms with Crippen LogP contribution < -0.4 is 15.8 Å². The van der Waals surface area contributed by atoms with Gasteiger partial charge in [-0.3, -0.25) is 0 Å². The number of ether oxygens (including phenoxy) is 1. The maximum absolute atomic E-state index is 5.91. The van der Waals surface area contributed by atoms with Crippen molar-refractivity contribution in [3.8, 4) is 5.75 Å². The van der Waals surface area contributed by atoms with E-state index in [2.05, 4.69) is 39.1 Å². The van der Waals surface area contributed by atoms with Gasteiger partial charge in [0.15, 0.2) is 0 Å². The fourth-order valence-corrected chi connectivity index (χ4v) is 2.91. The Labute approximate surface area is 117 Å². The number of benzene rings is 1. The molecule has 0 radical (unpaired) electrons. The molecule has 19 heavy (non-hydrogen) atoms. The first kappa shape index (κ1) is 16.0. The first-order valence-corrected chi connectivity index (χ1v) is 7.03. The van der Waals surface area contributed by atoms with Crippen LogP contribution in [0.5, 0.6) is 5.75 Å². The van der Waals surface area contributed by atoms with Gasteiger partial charge < -0.3 is 15.8 Å². The average Bonchev–Trinajstić information content (AvgIpc) is 2.41. The van der Waals surface area contributed by atoms with Gasteiger partial charge in [-0.05, 0) is 62.5 Å². The summed E-state index contributed by atoms with van der Waals surface area (Å²) in [5.41, 5.74) is 11.0. The molecule has 0 aliphatic rings. The van der Waals surface area contributed by atoms with Crippen LogP contribution in [-0.2, 0) is 0 Å². The standard InChI is InChI=1S/C16H28N2O/c1-7-13(9-17)15(18-5)14-8-10(2)16(19-6)12(4)11(14)3/h8,13,15,18H,7,9,17H2,1-6H3. The van der Waals surface area contributed by atoms with Gasteiger partial charge in [-0.15, -0.1) is 0 Å². The zero-order chi connectivity index (χ0) is 14.6. The highest BCUT2D eigenvalue weighted by Gasteiger charge is 2.23. The second-order valence-electron chi connectivity index (χ2n) is 5.24. The van der Waals surface area contributed by atoms with Gasteiger partial charge in [0.1, 0.15) is 5.75 Å². The second-order valence-corrected chi connectivity index (χ2v) is 5.24. The monoisotopic (exact) mass is 264 g/mol. The van der Waals surface area contributed by atoms with Gasteiger partial charge in [-0.25, -0.2) is 0 Å². The third kappa shape index (κ3) is 3.10. The summed E-state index contributed by atoms with van der Waals surface area (Å²) in [7, 11) is 3.75. The summed E-state index contributed by atoms with van der Waals surface area (Å²) in [6.07, 6.45) is 1.07. The molecule has 1 aromatic carbocycles. The predicted molar refractivity (Wildman–Crippen MR) is 81.8 cm³/mol. The SMILES string of the molecule is CCC(CN)C(NC)c1cc(C)c(OC)c(C)c1C. The van der Waals surface area contributed by atoms with Crippen molar-refractivity contribution in [2.24, 2.45) is 11.7 Å². The van der Waals surface area contributed by atoms with Crippen LogP contribution in [0, 0.1) is 26.7 Å². The van der Waals surface area contributed by atoms with Crippen LogP contribution in [0.4, 0.5) is 0 Å². The Balaban J connectivity index is 3.33. The van der Waals surface area contributed by atoms with Crippen LogP contribution in [0.15, 0.2) is 6.07 Å². The minimum atomic E-state index is 0.304. The maximum atomic E-state index is 5.91. The molecule has 3 N–H and O–H groups in total. The lowest BCUT2D eigenvalue weighted by Crippen LogP contribution is -2.31. The molecular formula is C16H28N2O. The van der Waals surface area contributed by atoms with E-state index in [1.54, 1.807) is 7.11 Å². The van der Waals surface area contributed by atoms with Crippen LogP contribution in [0.2, 0.25) is 0 Å². The first-order chi connectivity index (χ1) is 9.01. The number of methoxy groups -OCH3 is 1. The van der Waals surface area contributed by atoms with Gasteiger partial charge in [-0.1, -0.05) is 19.4 Å². The molecular weight excluding hydrogens is 236 g/mol. The summed E-state index contributed by atoms with van der Waals surface area (Å²) in [5, 5.41) is 3.43. The quantitative estimate of drug-likeness (QED) is 0.830. The lowest BCUT2D eigenvalue weighted by Gasteiger charge is -2.28. The van der Waals surface area contributed by atoms with E-state index in [9.17, 15) is 0 Å². The zero-order valence-electron chi connectivity index (χ0n) is 13.1. The highest BCUT2D eigenvalue weighted by Crippen LogP contribution is 2.34. The van der Waals surface area contributed by atoms with E-state index < -0.39 is 0 Å². The van der Waals surface area contributed by atoms with Crippen molar-refractivity contribution in [3.63, 3.8) is 0 Å². The largest absolute Gasteiger partial charge is 0.496 e. The van der Waals surface area contributed by atoms with Crippen molar-refractivity contribution in [3.05, 3.63) is 28.3 Å².